The van der Waals surface area contributed by atoms with E-state index in [2.05, 4.69) is 9.97 Å². The van der Waals surface area contributed by atoms with E-state index in [1.807, 2.05) is 24.5 Å². The smallest absolute Gasteiger partial charge is 0.196 e. The van der Waals surface area contributed by atoms with Crippen LogP contribution in [0.1, 0.15) is 15.9 Å². The molecule has 0 aliphatic carbocycles. The summed E-state index contributed by atoms with van der Waals surface area (Å²) in [5.74, 6) is -0.0479. The van der Waals surface area contributed by atoms with Crippen LogP contribution < -0.4 is 0 Å². The number of carbonyl (C=O) groups is 1. The van der Waals surface area contributed by atoms with Gasteiger partial charge in [-0.05, 0) is 6.26 Å². The minimum absolute atomic E-state index is 0.0479. The normalized spacial score (nSPS) is 10.1. The fourth-order valence-electron chi connectivity index (χ4n) is 1.30. The molecule has 0 unspecified atom stereocenters. The first-order valence-corrected chi connectivity index (χ1v) is 5.99. The van der Waals surface area contributed by atoms with Crippen molar-refractivity contribution < 1.29 is 4.79 Å². The zero-order valence-corrected chi connectivity index (χ0v) is 9.57. The van der Waals surface area contributed by atoms with Crippen LogP contribution in [0, 0.1) is 0 Å². The molecule has 0 aliphatic heterocycles. The quantitative estimate of drug-likeness (QED) is 0.461. The van der Waals surface area contributed by atoms with Crippen molar-refractivity contribution in [3.05, 3.63) is 53.9 Å². The fraction of sp³-hybridized carbons (Fsp3) is 0.0833. The van der Waals surface area contributed by atoms with Gasteiger partial charge in [-0.2, -0.15) is 0 Å². The van der Waals surface area contributed by atoms with E-state index in [9.17, 15) is 4.79 Å². The van der Waals surface area contributed by atoms with E-state index in [0.717, 1.165) is 0 Å². The van der Waals surface area contributed by atoms with Gasteiger partial charge in [-0.1, -0.05) is 42.1 Å². The second kappa shape index (κ2) is 4.90. The standard InChI is InChI=1S/C12H10N2OS/c1-16-12-13-7-10(8-14-12)11(15)9-5-3-2-4-6-9/h2-8H,1H3. The van der Waals surface area contributed by atoms with Gasteiger partial charge in [0.25, 0.3) is 0 Å². The molecule has 0 saturated heterocycles. The molecule has 0 atom stereocenters. The Morgan fingerprint density at radius 3 is 2.25 bits per heavy atom. The van der Waals surface area contributed by atoms with Gasteiger partial charge in [0.2, 0.25) is 0 Å². The Hall–Kier alpha value is -1.68. The van der Waals surface area contributed by atoms with E-state index in [1.54, 1.807) is 24.5 Å². The van der Waals surface area contributed by atoms with Crippen LogP contribution in [0.25, 0.3) is 0 Å². The molecule has 4 heteroatoms. The zero-order chi connectivity index (χ0) is 11.4. The second-order valence-corrected chi connectivity index (χ2v) is 3.93. The topological polar surface area (TPSA) is 42.9 Å². The molecule has 0 radical (unpaired) electrons. The van der Waals surface area contributed by atoms with Gasteiger partial charge in [0.15, 0.2) is 10.9 Å². The van der Waals surface area contributed by atoms with E-state index < -0.39 is 0 Å². The SMILES string of the molecule is CSc1ncc(C(=O)c2ccccc2)cn1. The third-order valence-corrected chi connectivity index (χ3v) is 2.68. The fourth-order valence-corrected chi connectivity index (χ4v) is 1.61. The molecule has 2 rings (SSSR count). The maximum atomic E-state index is 12.0. The van der Waals surface area contributed by atoms with E-state index in [-0.39, 0.29) is 5.78 Å². The predicted molar refractivity (Wildman–Crippen MR) is 63.7 cm³/mol. The number of aromatic nitrogens is 2. The average Bonchev–Trinajstić information content (AvgIpc) is 2.39. The third kappa shape index (κ3) is 2.28. The Bertz CT molecular complexity index is 482. The lowest BCUT2D eigenvalue weighted by atomic mass is 10.1. The molecule has 1 aromatic carbocycles. The summed E-state index contributed by atoms with van der Waals surface area (Å²) in [7, 11) is 0. The highest BCUT2D eigenvalue weighted by Crippen LogP contribution is 2.11. The minimum Gasteiger partial charge on any atom is -0.288 e. The van der Waals surface area contributed by atoms with Crippen molar-refractivity contribution >= 4 is 17.5 Å². The van der Waals surface area contributed by atoms with Gasteiger partial charge in [0, 0.05) is 18.0 Å². The first kappa shape index (κ1) is 10.8. The van der Waals surface area contributed by atoms with Crippen molar-refractivity contribution in [1.82, 2.24) is 9.97 Å². The molecule has 2 aromatic rings. The summed E-state index contributed by atoms with van der Waals surface area (Å²) >= 11 is 1.45. The first-order chi connectivity index (χ1) is 7.81. The van der Waals surface area contributed by atoms with Gasteiger partial charge in [0.05, 0.1) is 5.56 Å². The van der Waals surface area contributed by atoms with Crippen LogP contribution in [0.4, 0.5) is 0 Å². The molecule has 3 nitrogen and oxygen atoms in total. The lowest BCUT2D eigenvalue weighted by Gasteiger charge is -2.00. The van der Waals surface area contributed by atoms with Crippen LogP contribution in [0.5, 0.6) is 0 Å². The van der Waals surface area contributed by atoms with Gasteiger partial charge in [-0.15, -0.1) is 0 Å². The van der Waals surface area contributed by atoms with E-state index >= 15 is 0 Å². The molecule has 0 aliphatic rings. The highest BCUT2D eigenvalue weighted by atomic mass is 32.2. The number of hydrogen-bond donors (Lipinski definition) is 0. The Morgan fingerprint density at radius 1 is 1.06 bits per heavy atom. The van der Waals surface area contributed by atoms with Crippen LogP contribution in [-0.4, -0.2) is 22.0 Å². The molecular weight excluding hydrogens is 220 g/mol. The summed E-state index contributed by atoms with van der Waals surface area (Å²) in [6.07, 6.45) is 5.02. The zero-order valence-electron chi connectivity index (χ0n) is 8.75. The summed E-state index contributed by atoms with van der Waals surface area (Å²) < 4.78 is 0. The van der Waals surface area contributed by atoms with Crippen LogP contribution in [0.2, 0.25) is 0 Å². The van der Waals surface area contributed by atoms with Crippen LogP contribution in [-0.2, 0) is 0 Å². The molecule has 0 fully saturated rings. The maximum Gasteiger partial charge on any atom is 0.196 e. The summed E-state index contributed by atoms with van der Waals surface area (Å²) in [5, 5.41) is 0.671. The number of carbonyl (C=O) groups excluding carboxylic acids is 1. The number of ketones is 1. The van der Waals surface area contributed by atoms with Gasteiger partial charge < -0.3 is 0 Å². The van der Waals surface area contributed by atoms with Crippen LogP contribution >= 0.6 is 11.8 Å². The van der Waals surface area contributed by atoms with Crippen LogP contribution in [0.15, 0.2) is 47.9 Å². The minimum atomic E-state index is -0.0479. The number of hydrogen-bond acceptors (Lipinski definition) is 4. The highest BCUT2D eigenvalue weighted by Gasteiger charge is 2.09. The molecule has 16 heavy (non-hydrogen) atoms. The molecule has 0 saturated carbocycles. The number of nitrogens with zero attached hydrogens (tertiary/aromatic N) is 2. The number of thioether (sulfide) groups is 1. The molecule has 0 N–H and O–H groups in total. The largest absolute Gasteiger partial charge is 0.288 e. The summed E-state index contributed by atoms with van der Waals surface area (Å²) in [5.41, 5.74) is 1.17. The van der Waals surface area contributed by atoms with E-state index in [0.29, 0.717) is 16.3 Å². The second-order valence-electron chi connectivity index (χ2n) is 3.15. The number of rotatable bonds is 3. The van der Waals surface area contributed by atoms with Crippen molar-refractivity contribution in [1.29, 1.82) is 0 Å². The average molecular weight is 230 g/mol. The number of benzene rings is 1. The lowest BCUT2D eigenvalue weighted by molar-refractivity contribution is 0.103. The molecule has 80 valence electrons. The van der Waals surface area contributed by atoms with Crippen molar-refractivity contribution in [3.8, 4) is 0 Å². The monoisotopic (exact) mass is 230 g/mol. The molecule has 1 heterocycles. The van der Waals surface area contributed by atoms with Crippen molar-refractivity contribution in [2.75, 3.05) is 6.26 Å². The Balaban J connectivity index is 2.28. The lowest BCUT2D eigenvalue weighted by Crippen LogP contribution is -2.02. The molecule has 0 bridgehead atoms. The van der Waals surface area contributed by atoms with E-state index in [1.165, 1.54) is 11.8 Å². The Morgan fingerprint density at radius 2 is 1.69 bits per heavy atom. The summed E-state index contributed by atoms with van der Waals surface area (Å²) in [4.78, 5) is 20.1. The predicted octanol–water partition coefficient (Wildman–Crippen LogP) is 2.43. The van der Waals surface area contributed by atoms with Gasteiger partial charge in [0.1, 0.15) is 0 Å². The first-order valence-electron chi connectivity index (χ1n) is 4.77. The van der Waals surface area contributed by atoms with Crippen molar-refractivity contribution in [2.45, 2.75) is 5.16 Å². The molecule has 0 amide bonds. The summed E-state index contributed by atoms with van der Waals surface area (Å²) in [6.45, 7) is 0. The molecule has 1 aromatic heterocycles. The Kier molecular flexibility index (Phi) is 3.31. The van der Waals surface area contributed by atoms with E-state index in [4.69, 9.17) is 0 Å². The molecule has 0 spiro atoms. The summed E-state index contributed by atoms with van der Waals surface area (Å²) in [6, 6.07) is 9.12. The molecular formula is C12H10N2OS. The van der Waals surface area contributed by atoms with Crippen molar-refractivity contribution in [3.63, 3.8) is 0 Å². The highest BCUT2D eigenvalue weighted by molar-refractivity contribution is 7.98. The van der Waals surface area contributed by atoms with Crippen LogP contribution in [0.3, 0.4) is 0 Å². The van der Waals surface area contributed by atoms with Crippen molar-refractivity contribution in [2.24, 2.45) is 0 Å². The van der Waals surface area contributed by atoms with Gasteiger partial charge in [-0.25, -0.2) is 9.97 Å². The maximum absolute atomic E-state index is 12.0. The van der Waals surface area contributed by atoms with Gasteiger partial charge in [-0.3, -0.25) is 4.79 Å². The van der Waals surface area contributed by atoms with Gasteiger partial charge >= 0.3 is 0 Å². The third-order valence-electron chi connectivity index (χ3n) is 2.11. The Labute approximate surface area is 97.9 Å².